The van der Waals surface area contributed by atoms with Crippen molar-refractivity contribution in [2.45, 2.75) is 52.5 Å². The number of pyridine rings is 1. The van der Waals surface area contributed by atoms with Gasteiger partial charge in [0.2, 0.25) is 17.7 Å². The molecule has 26 heavy (non-hydrogen) atoms. The number of carbonyl (C=O) groups excluding carboxylic acids is 3. The number of nitrogens with one attached hydrogen (secondary N) is 2. The Labute approximate surface area is 152 Å². The van der Waals surface area contributed by atoms with Crippen molar-refractivity contribution in [3.05, 3.63) is 33.2 Å². The molecule has 1 saturated heterocycles. The molecule has 1 aromatic heterocycles. The highest BCUT2D eigenvalue weighted by Crippen LogP contribution is 2.37. The summed E-state index contributed by atoms with van der Waals surface area (Å²) in [6.45, 7) is 3.87. The largest absolute Gasteiger partial charge is 0.352 e. The van der Waals surface area contributed by atoms with Crippen LogP contribution in [0.5, 0.6) is 0 Å². The highest BCUT2D eigenvalue weighted by atomic mass is 16.2. The molecular formula is C19H25N3O4. The van der Waals surface area contributed by atoms with Gasteiger partial charge in [-0.2, -0.15) is 0 Å². The molecule has 1 aliphatic heterocycles. The van der Waals surface area contributed by atoms with Crippen LogP contribution in [0, 0.1) is 25.7 Å². The fourth-order valence-electron chi connectivity index (χ4n) is 4.04. The monoisotopic (exact) mass is 359 g/mol. The molecule has 0 radical (unpaired) electrons. The number of fused-ring (bicyclic) bond motifs is 1. The summed E-state index contributed by atoms with van der Waals surface area (Å²) in [5.41, 5.74) is 1.90. The first-order chi connectivity index (χ1) is 12.4. The van der Waals surface area contributed by atoms with E-state index >= 15 is 0 Å². The second-order valence-electron chi connectivity index (χ2n) is 7.30. The smallest absolute Gasteiger partial charge is 0.253 e. The van der Waals surface area contributed by atoms with Crippen molar-refractivity contribution >= 4 is 17.7 Å². The lowest BCUT2D eigenvalue weighted by Crippen LogP contribution is -2.36. The highest BCUT2D eigenvalue weighted by molar-refractivity contribution is 6.05. The zero-order valence-electron chi connectivity index (χ0n) is 15.3. The molecule has 0 spiro atoms. The van der Waals surface area contributed by atoms with Gasteiger partial charge in [0.1, 0.15) is 0 Å². The Kier molecular flexibility index (Phi) is 5.25. The van der Waals surface area contributed by atoms with Gasteiger partial charge in [-0.3, -0.25) is 24.1 Å². The molecule has 7 nitrogen and oxygen atoms in total. The number of hydrogen-bond acceptors (Lipinski definition) is 4. The lowest BCUT2D eigenvalue weighted by molar-refractivity contribution is -0.140. The van der Waals surface area contributed by atoms with Crippen LogP contribution in [0.25, 0.3) is 0 Å². The van der Waals surface area contributed by atoms with E-state index in [4.69, 9.17) is 0 Å². The average molecular weight is 359 g/mol. The van der Waals surface area contributed by atoms with Gasteiger partial charge >= 0.3 is 0 Å². The van der Waals surface area contributed by atoms with Gasteiger partial charge in [-0.1, -0.05) is 12.8 Å². The molecule has 2 heterocycles. The Bertz CT molecular complexity index is 774. The van der Waals surface area contributed by atoms with Crippen LogP contribution in [-0.4, -0.2) is 34.2 Å². The van der Waals surface area contributed by atoms with Crippen molar-refractivity contribution < 1.29 is 14.4 Å². The summed E-state index contributed by atoms with van der Waals surface area (Å²) in [5, 5.41) is 2.71. The van der Waals surface area contributed by atoms with Crippen molar-refractivity contribution in [2.75, 3.05) is 6.54 Å². The fraction of sp³-hybridized carbons (Fsp3) is 0.579. The second-order valence-corrected chi connectivity index (χ2v) is 7.30. The number of imide groups is 1. The van der Waals surface area contributed by atoms with E-state index in [9.17, 15) is 19.2 Å². The first-order valence-corrected chi connectivity index (χ1v) is 9.20. The molecule has 1 aliphatic carbocycles. The molecule has 0 aromatic carbocycles. The SMILES string of the molecule is Cc1cc(C)c(CNC(=O)CCN2C(=O)C3CCCCC3C2=O)c(=O)[nH]1. The fourth-order valence-corrected chi connectivity index (χ4v) is 4.04. The first kappa shape index (κ1) is 18.4. The lowest BCUT2D eigenvalue weighted by atomic mass is 9.81. The summed E-state index contributed by atoms with van der Waals surface area (Å²) in [4.78, 5) is 52.8. The van der Waals surface area contributed by atoms with Crippen molar-refractivity contribution in [1.29, 1.82) is 0 Å². The number of amides is 3. The lowest BCUT2D eigenvalue weighted by Gasteiger charge is -2.19. The summed E-state index contributed by atoms with van der Waals surface area (Å²) < 4.78 is 0. The average Bonchev–Trinajstić information content (AvgIpc) is 2.83. The standard InChI is InChI=1S/C19H25N3O4/c1-11-9-12(2)21-17(24)15(11)10-20-16(23)7-8-22-18(25)13-5-3-4-6-14(13)19(22)26/h9,13-14H,3-8,10H2,1-2H3,(H,20,23)(H,21,24). The van der Waals surface area contributed by atoms with E-state index in [1.807, 2.05) is 13.0 Å². The van der Waals surface area contributed by atoms with Crippen LogP contribution in [0.15, 0.2) is 10.9 Å². The van der Waals surface area contributed by atoms with Gasteiger partial charge in [-0.15, -0.1) is 0 Å². The Morgan fingerprint density at radius 3 is 2.35 bits per heavy atom. The van der Waals surface area contributed by atoms with Crippen molar-refractivity contribution in [2.24, 2.45) is 11.8 Å². The minimum atomic E-state index is -0.278. The minimum absolute atomic E-state index is 0.0553. The molecule has 3 rings (SSSR count). The molecule has 2 unspecified atom stereocenters. The molecular weight excluding hydrogens is 334 g/mol. The number of aryl methyl sites for hydroxylation is 2. The summed E-state index contributed by atoms with van der Waals surface area (Å²) in [6, 6.07) is 1.85. The molecule has 2 atom stereocenters. The van der Waals surface area contributed by atoms with Crippen LogP contribution in [0.1, 0.15) is 48.9 Å². The zero-order valence-corrected chi connectivity index (χ0v) is 15.3. The number of hydrogen-bond donors (Lipinski definition) is 2. The molecule has 140 valence electrons. The minimum Gasteiger partial charge on any atom is -0.352 e. The van der Waals surface area contributed by atoms with Crippen molar-refractivity contribution in [3.8, 4) is 0 Å². The van der Waals surface area contributed by atoms with Gasteiger partial charge in [0.15, 0.2) is 0 Å². The third kappa shape index (κ3) is 3.57. The summed E-state index contributed by atoms with van der Waals surface area (Å²) in [7, 11) is 0. The van der Waals surface area contributed by atoms with Crippen LogP contribution in [0.4, 0.5) is 0 Å². The number of aromatic nitrogens is 1. The number of likely N-dealkylation sites (tertiary alicyclic amines) is 1. The first-order valence-electron chi connectivity index (χ1n) is 9.20. The van der Waals surface area contributed by atoms with Gasteiger partial charge < -0.3 is 10.3 Å². The molecule has 3 amide bonds. The third-order valence-electron chi connectivity index (χ3n) is 5.45. The number of H-pyrrole nitrogens is 1. The highest BCUT2D eigenvalue weighted by Gasteiger charge is 2.47. The van der Waals surface area contributed by atoms with E-state index in [-0.39, 0.29) is 54.6 Å². The molecule has 1 saturated carbocycles. The Balaban J connectivity index is 1.54. The normalized spacial score (nSPS) is 22.5. The van der Waals surface area contributed by atoms with Crippen LogP contribution in [0.2, 0.25) is 0 Å². The maximum atomic E-state index is 12.4. The number of carbonyl (C=O) groups is 3. The summed E-state index contributed by atoms with van der Waals surface area (Å²) >= 11 is 0. The molecule has 2 aliphatic rings. The number of rotatable bonds is 5. The summed E-state index contributed by atoms with van der Waals surface area (Å²) in [5.74, 6) is -0.905. The van der Waals surface area contributed by atoms with Gasteiger partial charge in [-0.25, -0.2) is 0 Å². The van der Waals surface area contributed by atoms with E-state index in [2.05, 4.69) is 10.3 Å². The predicted molar refractivity (Wildman–Crippen MR) is 95.2 cm³/mol. The van der Waals surface area contributed by atoms with Gasteiger partial charge in [0.05, 0.1) is 11.8 Å². The van der Waals surface area contributed by atoms with E-state index < -0.39 is 0 Å². The second kappa shape index (κ2) is 7.43. The van der Waals surface area contributed by atoms with E-state index in [1.54, 1.807) is 6.92 Å². The molecule has 7 heteroatoms. The van der Waals surface area contributed by atoms with Crippen LogP contribution < -0.4 is 10.9 Å². The third-order valence-corrected chi connectivity index (χ3v) is 5.45. The number of nitrogens with zero attached hydrogens (tertiary/aromatic N) is 1. The summed E-state index contributed by atoms with van der Waals surface area (Å²) in [6.07, 6.45) is 3.57. The van der Waals surface area contributed by atoms with Crippen molar-refractivity contribution in [1.82, 2.24) is 15.2 Å². The Morgan fingerprint density at radius 1 is 1.15 bits per heavy atom. The van der Waals surface area contributed by atoms with Gasteiger partial charge in [-0.05, 0) is 38.3 Å². The van der Waals surface area contributed by atoms with Gasteiger partial charge in [0, 0.05) is 30.8 Å². The van der Waals surface area contributed by atoms with E-state index in [0.29, 0.717) is 5.56 Å². The van der Waals surface area contributed by atoms with E-state index in [0.717, 1.165) is 36.9 Å². The van der Waals surface area contributed by atoms with Crippen molar-refractivity contribution in [3.63, 3.8) is 0 Å². The Morgan fingerprint density at radius 2 is 1.77 bits per heavy atom. The topological polar surface area (TPSA) is 99.3 Å². The number of aromatic amines is 1. The van der Waals surface area contributed by atoms with Crippen LogP contribution in [-0.2, 0) is 20.9 Å². The molecule has 2 N–H and O–H groups in total. The quantitative estimate of drug-likeness (QED) is 0.771. The van der Waals surface area contributed by atoms with Gasteiger partial charge in [0.25, 0.3) is 5.56 Å². The maximum Gasteiger partial charge on any atom is 0.253 e. The maximum absolute atomic E-state index is 12.4. The van der Waals surface area contributed by atoms with Crippen LogP contribution >= 0.6 is 0 Å². The van der Waals surface area contributed by atoms with Crippen LogP contribution in [0.3, 0.4) is 0 Å². The molecule has 2 fully saturated rings. The molecule has 1 aromatic rings. The molecule has 0 bridgehead atoms. The Hall–Kier alpha value is -2.44. The predicted octanol–water partition coefficient (Wildman–Crippen LogP) is 1.17. The van der Waals surface area contributed by atoms with E-state index in [1.165, 1.54) is 4.90 Å². The zero-order chi connectivity index (χ0) is 18.8.